The highest BCUT2D eigenvalue weighted by Gasteiger charge is 2.07. The Morgan fingerprint density at radius 3 is 2.94 bits per heavy atom. The maximum Gasteiger partial charge on any atom is 0.258 e. The van der Waals surface area contributed by atoms with Crippen LogP contribution in [0.3, 0.4) is 0 Å². The lowest BCUT2D eigenvalue weighted by molar-refractivity contribution is -0.122. The van der Waals surface area contributed by atoms with Crippen molar-refractivity contribution in [1.29, 1.82) is 5.26 Å². The van der Waals surface area contributed by atoms with Crippen LogP contribution in [-0.2, 0) is 11.3 Å². The molecule has 0 atom stereocenters. The number of methoxy groups -OCH3 is 1. The number of nitrogens with zero attached hydrogens (tertiary/aromatic N) is 1. The van der Waals surface area contributed by atoms with E-state index in [-0.39, 0.29) is 25.6 Å². The minimum absolute atomic E-state index is 0.0332. The molecular weight excluding hydrogens is 234 g/mol. The van der Waals surface area contributed by atoms with E-state index in [4.69, 9.17) is 20.5 Å². The summed E-state index contributed by atoms with van der Waals surface area (Å²) >= 11 is 0. The Morgan fingerprint density at radius 1 is 1.56 bits per heavy atom. The second-order valence-electron chi connectivity index (χ2n) is 3.40. The SMILES string of the molecule is COc1ccc(OCC(=O)NCC#N)c(CN)c1. The van der Waals surface area contributed by atoms with E-state index in [1.54, 1.807) is 25.3 Å². The average Bonchev–Trinajstić information content (AvgIpc) is 2.42. The molecule has 0 unspecified atom stereocenters. The molecule has 0 radical (unpaired) electrons. The molecule has 0 aliphatic heterocycles. The summed E-state index contributed by atoms with van der Waals surface area (Å²) in [6.07, 6.45) is 0. The molecule has 0 heterocycles. The van der Waals surface area contributed by atoms with Gasteiger partial charge in [-0.05, 0) is 18.2 Å². The van der Waals surface area contributed by atoms with E-state index in [0.717, 1.165) is 5.56 Å². The van der Waals surface area contributed by atoms with Crippen molar-refractivity contribution >= 4 is 5.91 Å². The summed E-state index contributed by atoms with van der Waals surface area (Å²) in [5.74, 6) is 0.859. The van der Waals surface area contributed by atoms with Crippen LogP contribution in [0, 0.1) is 11.3 Å². The summed E-state index contributed by atoms with van der Waals surface area (Å²) in [6.45, 7) is 0.0991. The zero-order valence-electron chi connectivity index (χ0n) is 10.1. The van der Waals surface area contributed by atoms with Crippen LogP contribution in [0.2, 0.25) is 0 Å². The lowest BCUT2D eigenvalue weighted by atomic mass is 10.2. The number of amides is 1. The number of hydrogen-bond acceptors (Lipinski definition) is 5. The highest BCUT2D eigenvalue weighted by Crippen LogP contribution is 2.23. The van der Waals surface area contributed by atoms with Crippen LogP contribution in [0.4, 0.5) is 0 Å². The van der Waals surface area contributed by atoms with Crippen LogP contribution >= 0.6 is 0 Å². The Morgan fingerprint density at radius 2 is 2.33 bits per heavy atom. The molecule has 0 aromatic heterocycles. The zero-order valence-corrected chi connectivity index (χ0v) is 10.1. The molecule has 6 heteroatoms. The van der Waals surface area contributed by atoms with Gasteiger partial charge in [0.2, 0.25) is 0 Å². The van der Waals surface area contributed by atoms with Crippen LogP contribution in [-0.4, -0.2) is 26.2 Å². The predicted molar refractivity (Wildman–Crippen MR) is 65.0 cm³/mol. The molecule has 1 rings (SSSR count). The van der Waals surface area contributed by atoms with E-state index in [1.165, 1.54) is 0 Å². The van der Waals surface area contributed by atoms with Gasteiger partial charge in [-0.1, -0.05) is 0 Å². The second-order valence-corrected chi connectivity index (χ2v) is 3.40. The standard InChI is InChI=1S/C12H15N3O3/c1-17-10-2-3-11(9(6-10)7-14)18-8-12(16)15-5-4-13/h2-3,6H,5,7-8,14H2,1H3,(H,15,16). The number of nitriles is 1. The molecule has 0 fully saturated rings. The fourth-order valence-electron chi connectivity index (χ4n) is 1.32. The predicted octanol–water partition coefficient (Wildman–Crippen LogP) is 0.172. The van der Waals surface area contributed by atoms with E-state index >= 15 is 0 Å². The van der Waals surface area contributed by atoms with Gasteiger partial charge in [-0.3, -0.25) is 4.79 Å². The molecule has 0 aliphatic carbocycles. The maximum absolute atomic E-state index is 11.3. The molecule has 1 aromatic rings. The first-order valence-electron chi connectivity index (χ1n) is 5.34. The number of rotatable bonds is 6. The topological polar surface area (TPSA) is 97.4 Å². The van der Waals surface area contributed by atoms with Crippen LogP contribution in [0.25, 0.3) is 0 Å². The minimum Gasteiger partial charge on any atom is -0.497 e. The minimum atomic E-state index is -0.352. The second kappa shape index (κ2) is 7.14. The molecule has 0 saturated heterocycles. The molecule has 0 bridgehead atoms. The van der Waals surface area contributed by atoms with E-state index in [2.05, 4.69) is 5.32 Å². The average molecular weight is 249 g/mol. The monoisotopic (exact) mass is 249 g/mol. The lowest BCUT2D eigenvalue weighted by Gasteiger charge is -2.11. The first kappa shape index (κ1) is 13.8. The summed E-state index contributed by atoms with van der Waals surface area (Å²) < 4.78 is 10.4. The fraction of sp³-hybridized carbons (Fsp3) is 0.333. The van der Waals surface area contributed by atoms with Gasteiger partial charge >= 0.3 is 0 Å². The first-order valence-corrected chi connectivity index (χ1v) is 5.34. The van der Waals surface area contributed by atoms with Gasteiger partial charge in [0.25, 0.3) is 5.91 Å². The molecule has 96 valence electrons. The summed E-state index contributed by atoms with van der Waals surface area (Å²) in [5, 5.41) is 10.7. The van der Waals surface area contributed by atoms with Crippen LogP contribution in [0.1, 0.15) is 5.56 Å². The molecule has 6 nitrogen and oxygen atoms in total. The Hall–Kier alpha value is -2.26. The molecule has 1 aromatic carbocycles. The third-order valence-electron chi connectivity index (χ3n) is 2.21. The van der Waals surface area contributed by atoms with Crippen molar-refractivity contribution in [3.05, 3.63) is 23.8 Å². The van der Waals surface area contributed by atoms with Crippen molar-refractivity contribution in [2.45, 2.75) is 6.54 Å². The Balaban J connectivity index is 2.62. The number of nitrogens with two attached hydrogens (primary N) is 1. The number of hydrogen-bond donors (Lipinski definition) is 2. The van der Waals surface area contributed by atoms with Gasteiger partial charge in [0, 0.05) is 12.1 Å². The summed E-state index contributed by atoms with van der Waals surface area (Å²) in [5.41, 5.74) is 6.33. The molecule has 0 spiro atoms. The normalized spacial score (nSPS) is 9.39. The van der Waals surface area contributed by atoms with Crippen molar-refractivity contribution in [2.75, 3.05) is 20.3 Å². The molecule has 0 aliphatic rings. The number of ether oxygens (including phenoxy) is 2. The van der Waals surface area contributed by atoms with Crippen molar-refractivity contribution in [1.82, 2.24) is 5.32 Å². The van der Waals surface area contributed by atoms with E-state index in [1.807, 2.05) is 6.07 Å². The van der Waals surface area contributed by atoms with Gasteiger partial charge in [0.15, 0.2) is 6.61 Å². The van der Waals surface area contributed by atoms with Crippen molar-refractivity contribution < 1.29 is 14.3 Å². The van der Waals surface area contributed by atoms with Crippen LogP contribution < -0.4 is 20.5 Å². The number of carbonyl (C=O) groups excluding carboxylic acids is 1. The van der Waals surface area contributed by atoms with E-state index < -0.39 is 0 Å². The highest BCUT2D eigenvalue weighted by molar-refractivity contribution is 5.77. The summed E-state index contributed by atoms with van der Waals surface area (Å²) in [7, 11) is 1.56. The quantitative estimate of drug-likeness (QED) is 0.700. The third kappa shape index (κ3) is 3.96. The smallest absolute Gasteiger partial charge is 0.258 e. The molecular formula is C12H15N3O3. The molecule has 3 N–H and O–H groups in total. The van der Waals surface area contributed by atoms with Crippen LogP contribution in [0.15, 0.2) is 18.2 Å². The zero-order chi connectivity index (χ0) is 13.4. The third-order valence-corrected chi connectivity index (χ3v) is 2.21. The summed E-state index contributed by atoms with van der Waals surface area (Å²) in [6, 6.07) is 6.98. The van der Waals surface area contributed by atoms with Gasteiger partial charge < -0.3 is 20.5 Å². The van der Waals surface area contributed by atoms with Gasteiger partial charge in [0.05, 0.1) is 13.2 Å². The van der Waals surface area contributed by atoms with Gasteiger partial charge in [-0.25, -0.2) is 0 Å². The number of nitrogens with one attached hydrogen (secondary N) is 1. The van der Waals surface area contributed by atoms with E-state index in [9.17, 15) is 4.79 Å². The summed E-state index contributed by atoms with van der Waals surface area (Å²) in [4.78, 5) is 11.3. The maximum atomic E-state index is 11.3. The molecule has 1 amide bonds. The fourth-order valence-corrected chi connectivity index (χ4v) is 1.32. The Bertz CT molecular complexity index is 454. The van der Waals surface area contributed by atoms with Crippen molar-refractivity contribution in [2.24, 2.45) is 5.73 Å². The van der Waals surface area contributed by atoms with Gasteiger partial charge in [-0.15, -0.1) is 0 Å². The molecule has 0 saturated carbocycles. The highest BCUT2D eigenvalue weighted by atomic mass is 16.5. The lowest BCUT2D eigenvalue weighted by Crippen LogP contribution is -2.29. The van der Waals surface area contributed by atoms with E-state index in [0.29, 0.717) is 11.5 Å². The van der Waals surface area contributed by atoms with Gasteiger partial charge in [0.1, 0.15) is 18.0 Å². The Labute approximate surface area is 105 Å². The molecule has 18 heavy (non-hydrogen) atoms. The van der Waals surface area contributed by atoms with Crippen molar-refractivity contribution in [3.63, 3.8) is 0 Å². The largest absolute Gasteiger partial charge is 0.497 e. The number of carbonyl (C=O) groups is 1. The van der Waals surface area contributed by atoms with Crippen molar-refractivity contribution in [3.8, 4) is 17.6 Å². The Kier molecular flexibility index (Phi) is 5.48. The van der Waals surface area contributed by atoms with Crippen LogP contribution in [0.5, 0.6) is 11.5 Å². The number of benzene rings is 1. The van der Waals surface area contributed by atoms with Gasteiger partial charge in [-0.2, -0.15) is 5.26 Å². The first-order chi connectivity index (χ1) is 8.71.